The van der Waals surface area contributed by atoms with Crippen molar-refractivity contribution in [1.82, 2.24) is 31.5 Å². The van der Waals surface area contributed by atoms with E-state index in [1.165, 1.54) is 0 Å². The summed E-state index contributed by atoms with van der Waals surface area (Å²) in [6.07, 6.45) is 10.8. The topological polar surface area (TPSA) is 178 Å². The lowest BCUT2D eigenvalue weighted by molar-refractivity contribution is -0.135. The molecule has 0 radical (unpaired) electrons. The van der Waals surface area contributed by atoms with Crippen LogP contribution in [-0.4, -0.2) is 96.5 Å². The number of benzene rings is 2. The quantitative estimate of drug-likeness (QED) is 0.0737. The Morgan fingerprint density at radius 1 is 0.818 bits per heavy atom. The van der Waals surface area contributed by atoms with Crippen LogP contribution in [0, 0.1) is 24.2 Å². The third kappa shape index (κ3) is 14.3. The van der Waals surface area contributed by atoms with Crippen molar-refractivity contribution in [2.75, 3.05) is 32.8 Å². The van der Waals surface area contributed by atoms with E-state index in [2.05, 4.69) is 51.3 Å². The molecule has 1 aliphatic rings. The van der Waals surface area contributed by atoms with E-state index < -0.39 is 60.3 Å². The summed E-state index contributed by atoms with van der Waals surface area (Å²) in [6.45, 7) is 9.72. The molecule has 0 heterocycles. The smallest absolute Gasteiger partial charge is 0.251 e. The summed E-state index contributed by atoms with van der Waals surface area (Å²) in [5, 5.41) is 23.6. The number of carbonyl (C=O) groups excluding carboxylic acids is 5. The first-order valence-corrected chi connectivity index (χ1v) is 19.6. The van der Waals surface area contributed by atoms with E-state index in [4.69, 9.17) is 11.2 Å². The highest BCUT2D eigenvalue weighted by Gasteiger charge is 2.37. The van der Waals surface area contributed by atoms with Crippen molar-refractivity contribution in [1.29, 1.82) is 0 Å². The van der Waals surface area contributed by atoms with Gasteiger partial charge in [-0.2, -0.15) is 0 Å². The first-order chi connectivity index (χ1) is 26.5. The maximum atomic E-state index is 14.1. The number of para-hydroxylation sites is 1. The van der Waals surface area contributed by atoms with Gasteiger partial charge in [-0.1, -0.05) is 71.1 Å². The zero-order valence-corrected chi connectivity index (χ0v) is 32.8. The van der Waals surface area contributed by atoms with Gasteiger partial charge in [-0.25, -0.2) is 0 Å². The largest absolute Gasteiger partial charge is 0.457 e. The maximum absolute atomic E-state index is 14.1. The molecule has 2 aromatic rings. The molecule has 1 fully saturated rings. The van der Waals surface area contributed by atoms with Gasteiger partial charge in [0.05, 0.1) is 13.2 Å². The Hall–Kier alpha value is -4.93. The summed E-state index contributed by atoms with van der Waals surface area (Å²) < 4.78 is 5.85. The van der Waals surface area contributed by atoms with E-state index >= 15 is 0 Å². The first-order valence-electron chi connectivity index (χ1n) is 19.6. The predicted molar refractivity (Wildman–Crippen MR) is 212 cm³/mol. The van der Waals surface area contributed by atoms with E-state index in [1.54, 1.807) is 24.3 Å². The summed E-state index contributed by atoms with van der Waals surface area (Å²) in [5.74, 6) is 0.306. The van der Waals surface area contributed by atoms with Crippen LogP contribution in [0.15, 0.2) is 54.6 Å². The highest BCUT2D eigenvalue weighted by molar-refractivity contribution is 5.99. The summed E-state index contributed by atoms with van der Waals surface area (Å²) in [4.78, 5) is 70.0. The van der Waals surface area contributed by atoms with E-state index in [0.717, 1.165) is 51.7 Å². The fraction of sp³-hybridized carbons (Fsp3) is 0.548. The standard InChI is InChI=1S/C42H60N6O7/c1-6-26-43-39(51)35(28-49)45-40(52)34(21-15-16-27-48(8-3)9-4)44-41(53)36(29(5)7-2)46-42(54)37(30-17-13-14-18-30)47-38(50)31-22-24-33(25-23-31)55-32-19-11-10-12-20-32/h1,10-12,19-20,22-25,29-30,34-37,49H,7-9,13-18,21,26-28H2,2-5H3,(H,43,51)(H,44,53)(H,45,52)(H,46,54)(H,47,50)/t29-,34+,35+,36+,37+/m1/s1. The molecular weight excluding hydrogens is 700 g/mol. The molecule has 300 valence electrons. The van der Waals surface area contributed by atoms with Crippen molar-refractivity contribution in [3.05, 3.63) is 60.2 Å². The Morgan fingerprint density at radius 2 is 1.45 bits per heavy atom. The number of terminal acetylenes is 1. The fourth-order valence-corrected chi connectivity index (χ4v) is 6.64. The van der Waals surface area contributed by atoms with Crippen molar-refractivity contribution in [2.24, 2.45) is 11.8 Å². The minimum Gasteiger partial charge on any atom is -0.457 e. The number of aliphatic hydroxyl groups is 1. The van der Waals surface area contributed by atoms with Gasteiger partial charge in [0.2, 0.25) is 23.6 Å². The monoisotopic (exact) mass is 760 g/mol. The van der Waals surface area contributed by atoms with E-state index in [1.807, 2.05) is 44.2 Å². The lowest BCUT2D eigenvalue weighted by atomic mass is 9.93. The van der Waals surface area contributed by atoms with Crippen LogP contribution in [0.25, 0.3) is 0 Å². The lowest BCUT2D eigenvalue weighted by Crippen LogP contribution is -2.60. The van der Waals surface area contributed by atoms with Crippen LogP contribution in [0.1, 0.15) is 89.4 Å². The highest BCUT2D eigenvalue weighted by atomic mass is 16.5. The van der Waals surface area contributed by atoms with Crippen LogP contribution >= 0.6 is 0 Å². The molecule has 13 nitrogen and oxygen atoms in total. The lowest BCUT2D eigenvalue weighted by Gasteiger charge is -2.30. The molecule has 1 aliphatic carbocycles. The Kier molecular flexibility index (Phi) is 19.2. The Labute approximate surface area is 326 Å². The number of hydrogen-bond acceptors (Lipinski definition) is 8. The van der Waals surface area contributed by atoms with Crippen LogP contribution < -0.4 is 31.3 Å². The molecule has 0 spiro atoms. The number of hydrogen-bond donors (Lipinski definition) is 6. The molecule has 0 unspecified atom stereocenters. The van der Waals surface area contributed by atoms with Crippen molar-refractivity contribution >= 4 is 29.5 Å². The van der Waals surface area contributed by atoms with E-state index in [0.29, 0.717) is 29.9 Å². The average Bonchev–Trinajstić information content (AvgIpc) is 3.74. The van der Waals surface area contributed by atoms with Gasteiger partial charge < -0.3 is 41.3 Å². The Bertz CT molecular complexity index is 1550. The number of unbranched alkanes of at least 4 members (excludes halogenated alkanes) is 1. The van der Waals surface area contributed by atoms with Crippen molar-refractivity contribution in [3.63, 3.8) is 0 Å². The summed E-state index contributed by atoms with van der Waals surface area (Å²) in [5.41, 5.74) is 0.358. The Balaban J connectivity index is 1.77. The van der Waals surface area contributed by atoms with E-state index in [9.17, 15) is 29.1 Å². The second-order valence-corrected chi connectivity index (χ2v) is 14.1. The first kappa shape index (κ1) is 44.5. The maximum Gasteiger partial charge on any atom is 0.251 e. The second-order valence-electron chi connectivity index (χ2n) is 14.1. The predicted octanol–water partition coefficient (Wildman–Crippen LogP) is 3.52. The van der Waals surface area contributed by atoms with Gasteiger partial charge in [0.25, 0.3) is 5.91 Å². The van der Waals surface area contributed by atoms with Gasteiger partial charge in [0.15, 0.2) is 0 Å². The second kappa shape index (κ2) is 23.8. The summed E-state index contributed by atoms with van der Waals surface area (Å²) in [6, 6.07) is 11.7. The molecule has 1 saturated carbocycles. The number of ether oxygens (including phenoxy) is 1. The highest BCUT2D eigenvalue weighted by Crippen LogP contribution is 2.29. The number of carbonyl (C=O) groups is 5. The summed E-state index contributed by atoms with van der Waals surface area (Å²) in [7, 11) is 0. The number of nitrogens with one attached hydrogen (secondary N) is 5. The minimum absolute atomic E-state index is 0.0781. The molecule has 6 N–H and O–H groups in total. The average molecular weight is 761 g/mol. The third-order valence-electron chi connectivity index (χ3n) is 10.3. The van der Waals surface area contributed by atoms with Crippen LogP contribution in [0.5, 0.6) is 11.5 Å². The molecule has 0 bridgehead atoms. The van der Waals surface area contributed by atoms with Crippen molar-refractivity contribution in [2.45, 2.75) is 103 Å². The summed E-state index contributed by atoms with van der Waals surface area (Å²) >= 11 is 0. The molecule has 5 amide bonds. The SMILES string of the molecule is C#CCNC(=O)[C@H](CO)NC(=O)[C@H](CCCCN(CC)CC)NC(=O)[C@@H](NC(=O)[C@@H](NC(=O)c1ccc(Oc2ccccc2)cc1)C1CCCC1)[C@H](C)CC. The van der Waals surface area contributed by atoms with Crippen LogP contribution in [0.4, 0.5) is 0 Å². The Morgan fingerprint density at radius 3 is 2.05 bits per heavy atom. The van der Waals surface area contributed by atoms with Gasteiger partial charge >= 0.3 is 0 Å². The zero-order chi connectivity index (χ0) is 40.2. The third-order valence-corrected chi connectivity index (χ3v) is 10.3. The van der Waals surface area contributed by atoms with Crippen molar-refractivity contribution in [3.8, 4) is 23.8 Å². The minimum atomic E-state index is -1.27. The van der Waals surface area contributed by atoms with Crippen molar-refractivity contribution < 1.29 is 33.8 Å². The van der Waals surface area contributed by atoms with Crippen LogP contribution in [0.2, 0.25) is 0 Å². The molecule has 3 rings (SSSR count). The molecule has 5 atom stereocenters. The number of rotatable bonds is 23. The normalized spacial score (nSPS) is 15.4. The molecule has 0 aliphatic heterocycles. The molecule has 0 saturated heterocycles. The van der Waals surface area contributed by atoms with Gasteiger partial charge in [-0.3, -0.25) is 24.0 Å². The molecule has 55 heavy (non-hydrogen) atoms. The number of aliphatic hydroxyl groups excluding tert-OH is 1. The van der Waals surface area contributed by atoms with E-state index in [-0.39, 0.29) is 24.8 Å². The van der Waals surface area contributed by atoms with Gasteiger partial charge in [0, 0.05) is 5.56 Å². The number of amides is 5. The molecule has 13 heteroatoms. The van der Waals surface area contributed by atoms with Gasteiger partial charge in [-0.05, 0) is 100.0 Å². The number of nitrogens with zero attached hydrogens (tertiary/aromatic N) is 1. The molecule has 0 aromatic heterocycles. The van der Waals surface area contributed by atoms with Gasteiger partial charge in [-0.15, -0.1) is 6.42 Å². The molecule has 2 aromatic carbocycles. The zero-order valence-electron chi connectivity index (χ0n) is 32.8. The fourth-order valence-electron chi connectivity index (χ4n) is 6.64. The van der Waals surface area contributed by atoms with Crippen LogP contribution in [0.3, 0.4) is 0 Å². The molecular formula is C42H60N6O7. The van der Waals surface area contributed by atoms with Gasteiger partial charge in [0.1, 0.15) is 35.7 Å². The van der Waals surface area contributed by atoms with Crippen LogP contribution in [-0.2, 0) is 19.2 Å².